The van der Waals surface area contributed by atoms with Crippen molar-refractivity contribution in [2.75, 3.05) is 5.73 Å². The van der Waals surface area contributed by atoms with Gasteiger partial charge in [-0.3, -0.25) is 14.3 Å². The number of hydrogen-bond acceptors (Lipinski definition) is 5. The zero-order chi connectivity index (χ0) is 17.6. The summed E-state index contributed by atoms with van der Waals surface area (Å²) in [6.07, 6.45) is 2.85. The van der Waals surface area contributed by atoms with Crippen LogP contribution in [0, 0.1) is 25.2 Å². The maximum absolute atomic E-state index is 11.9. The molecule has 1 amide bonds. The SMILES string of the molecule is Cc1ccc(O)c(C)c1-n1c(N)c(C(N)=O)c2cncc(C#N)c21. The summed E-state index contributed by atoms with van der Waals surface area (Å²) in [6.45, 7) is 3.59. The first-order valence-electron chi connectivity index (χ1n) is 7.15. The summed E-state index contributed by atoms with van der Waals surface area (Å²) in [4.78, 5) is 15.9. The van der Waals surface area contributed by atoms with Gasteiger partial charge in [0.1, 0.15) is 17.6 Å². The lowest BCUT2D eigenvalue weighted by atomic mass is 10.1. The molecule has 0 radical (unpaired) electrons. The number of carbonyl (C=O) groups excluding carboxylic acids is 1. The van der Waals surface area contributed by atoms with Crippen molar-refractivity contribution in [3.05, 3.63) is 46.8 Å². The number of aromatic nitrogens is 2. The van der Waals surface area contributed by atoms with E-state index in [2.05, 4.69) is 11.1 Å². The van der Waals surface area contributed by atoms with Gasteiger partial charge >= 0.3 is 0 Å². The minimum Gasteiger partial charge on any atom is -0.508 e. The van der Waals surface area contributed by atoms with Crippen LogP contribution in [-0.4, -0.2) is 20.6 Å². The lowest BCUT2D eigenvalue weighted by Gasteiger charge is -2.16. The minimum atomic E-state index is -0.705. The van der Waals surface area contributed by atoms with E-state index >= 15 is 0 Å². The quantitative estimate of drug-likeness (QED) is 0.663. The van der Waals surface area contributed by atoms with Gasteiger partial charge in [-0.25, -0.2) is 0 Å². The highest BCUT2D eigenvalue weighted by atomic mass is 16.3. The van der Waals surface area contributed by atoms with E-state index in [1.165, 1.54) is 12.4 Å². The number of primary amides is 1. The summed E-state index contributed by atoms with van der Waals surface area (Å²) in [5.74, 6) is -0.507. The summed E-state index contributed by atoms with van der Waals surface area (Å²) in [5, 5.41) is 19.9. The molecule has 0 saturated heterocycles. The molecule has 5 N–H and O–H groups in total. The Morgan fingerprint density at radius 3 is 2.67 bits per heavy atom. The van der Waals surface area contributed by atoms with E-state index in [1.807, 2.05) is 6.92 Å². The highest BCUT2D eigenvalue weighted by molar-refractivity contribution is 6.12. The van der Waals surface area contributed by atoms with Gasteiger partial charge in [-0.15, -0.1) is 0 Å². The molecule has 2 aromatic heterocycles. The number of nitriles is 1. The third kappa shape index (κ3) is 1.97. The number of pyridine rings is 1. The molecule has 0 aliphatic heterocycles. The number of aryl methyl sites for hydroxylation is 1. The number of nitrogens with zero attached hydrogens (tertiary/aromatic N) is 3. The van der Waals surface area contributed by atoms with Gasteiger partial charge in [0.25, 0.3) is 5.91 Å². The van der Waals surface area contributed by atoms with E-state index in [9.17, 15) is 15.2 Å². The van der Waals surface area contributed by atoms with Gasteiger partial charge in [0.05, 0.1) is 22.3 Å². The Labute approximate surface area is 137 Å². The van der Waals surface area contributed by atoms with Crippen LogP contribution in [0.3, 0.4) is 0 Å². The second-order valence-corrected chi connectivity index (χ2v) is 5.53. The molecule has 24 heavy (non-hydrogen) atoms. The Morgan fingerprint density at radius 2 is 2.04 bits per heavy atom. The number of rotatable bonds is 2. The van der Waals surface area contributed by atoms with Crippen LogP contribution < -0.4 is 11.5 Å². The van der Waals surface area contributed by atoms with Crippen molar-refractivity contribution < 1.29 is 9.90 Å². The number of nitrogens with two attached hydrogens (primary N) is 2. The van der Waals surface area contributed by atoms with Gasteiger partial charge in [-0.2, -0.15) is 5.26 Å². The molecule has 0 spiro atoms. The molecule has 0 atom stereocenters. The molecule has 2 heterocycles. The van der Waals surface area contributed by atoms with Crippen molar-refractivity contribution in [3.8, 4) is 17.5 Å². The Kier molecular flexibility index (Phi) is 3.38. The van der Waals surface area contributed by atoms with Crippen LogP contribution in [-0.2, 0) is 0 Å². The molecule has 0 bridgehead atoms. The van der Waals surface area contributed by atoms with Gasteiger partial charge in [0, 0.05) is 23.3 Å². The van der Waals surface area contributed by atoms with Crippen LogP contribution >= 0.6 is 0 Å². The van der Waals surface area contributed by atoms with E-state index in [4.69, 9.17) is 11.5 Å². The summed E-state index contributed by atoms with van der Waals surface area (Å²) >= 11 is 0. The normalized spacial score (nSPS) is 10.7. The van der Waals surface area contributed by atoms with Crippen LogP contribution in [0.2, 0.25) is 0 Å². The first-order chi connectivity index (χ1) is 11.4. The van der Waals surface area contributed by atoms with Gasteiger partial charge < -0.3 is 16.6 Å². The zero-order valence-electron chi connectivity index (χ0n) is 13.2. The molecule has 0 aliphatic carbocycles. The van der Waals surface area contributed by atoms with Crippen molar-refractivity contribution in [3.63, 3.8) is 0 Å². The number of fused-ring (bicyclic) bond motifs is 1. The molecular formula is C17H15N5O2. The van der Waals surface area contributed by atoms with E-state index in [1.54, 1.807) is 23.6 Å². The van der Waals surface area contributed by atoms with E-state index in [0.29, 0.717) is 22.2 Å². The fraction of sp³-hybridized carbons (Fsp3) is 0.118. The monoisotopic (exact) mass is 321 g/mol. The average Bonchev–Trinajstić information content (AvgIpc) is 2.84. The number of carbonyl (C=O) groups is 1. The standard InChI is InChI=1S/C17H15N5O2/c1-8-3-4-12(23)9(2)14(8)22-15-10(5-18)6-21-7-11(15)13(16(22)19)17(20)24/h3-4,6-7,23H,19H2,1-2H3,(H2,20,24). The second kappa shape index (κ2) is 5.28. The van der Waals surface area contributed by atoms with E-state index in [0.717, 1.165) is 5.56 Å². The zero-order valence-corrected chi connectivity index (χ0v) is 13.2. The number of benzene rings is 1. The number of hydrogen-bond donors (Lipinski definition) is 3. The van der Waals surface area contributed by atoms with Crippen LogP contribution in [0.1, 0.15) is 27.0 Å². The first-order valence-corrected chi connectivity index (χ1v) is 7.15. The van der Waals surface area contributed by atoms with Crippen molar-refractivity contribution in [2.45, 2.75) is 13.8 Å². The fourth-order valence-electron chi connectivity index (χ4n) is 2.99. The highest BCUT2D eigenvalue weighted by Gasteiger charge is 2.24. The Morgan fingerprint density at radius 1 is 1.33 bits per heavy atom. The van der Waals surface area contributed by atoms with Crippen molar-refractivity contribution >= 4 is 22.6 Å². The first kappa shape index (κ1) is 15.4. The van der Waals surface area contributed by atoms with E-state index in [-0.39, 0.29) is 22.7 Å². The minimum absolute atomic E-state index is 0.0880. The predicted octanol–water partition coefficient (Wildman–Crippen LogP) is 1.90. The number of nitrogen functional groups attached to an aromatic ring is 1. The van der Waals surface area contributed by atoms with Crippen LogP contribution in [0.15, 0.2) is 24.5 Å². The maximum Gasteiger partial charge on any atom is 0.253 e. The Bertz CT molecular complexity index is 1040. The Balaban J connectivity index is 2.60. The summed E-state index contributed by atoms with van der Waals surface area (Å²) < 4.78 is 1.58. The number of amides is 1. The lowest BCUT2D eigenvalue weighted by Crippen LogP contribution is -2.14. The average molecular weight is 321 g/mol. The second-order valence-electron chi connectivity index (χ2n) is 5.53. The lowest BCUT2D eigenvalue weighted by molar-refractivity contribution is 0.100. The van der Waals surface area contributed by atoms with Crippen molar-refractivity contribution in [1.29, 1.82) is 5.26 Å². The molecule has 1 aromatic carbocycles. The third-order valence-corrected chi connectivity index (χ3v) is 4.10. The summed E-state index contributed by atoms with van der Waals surface area (Å²) in [6, 6.07) is 5.38. The third-order valence-electron chi connectivity index (χ3n) is 4.10. The van der Waals surface area contributed by atoms with Crippen LogP contribution in [0.25, 0.3) is 16.6 Å². The van der Waals surface area contributed by atoms with Gasteiger partial charge in [-0.1, -0.05) is 6.07 Å². The number of anilines is 1. The van der Waals surface area contributed by atoms with Crippen LogP contribution in [0.4, 0.5) is 5.82 Å². The van der Waals surface area contributed by atoms with Crippen molar-refractivity contribution in [2.24, 2.45) is 5.73 Å². The molecule has 0 fully saturated rings. The molecule has 3 aromatic rings. The molecule has 0 saturated carbocycles. The van der Waals surface area contributed by atoms with Gasteiger partial charge in [0.2, 0.25) is 0 Å². The van der Waals surface area contributed by atoms with Gasteiger partial charge in [-0.05, 0) is 25.5 Å². The molecule has 7 heteroatoms. The van der Waals surface area contributed by atoms with E-state index < -0.39 is 5.91 Å². The molecule has 0 unspecified atom stereocenters. The molecule has 0 aliphatic rings. The largest absolute Gasteiger partial charge is 0.508 e. The molecule has 3 rings (SSSR count). The summed E-state index contributed by atoms with van der Waals surface area (Å²) in [5.41, 5.74) is 14.5. The van der Waals surface area contributed by atoms with Gasteiger partial charge in [0.15, 0.2) is 0 Å². The Hall–Kier alpha value is -3.53. The molecular weight excluding hydrogens is 306 g/mol. The maximum atomic E-state index is 11.9. The topological polar surface area (TPSA) is 131 Å². The highest BCUT2D eigenvalue weighted by Crippen LogP contribution is 2.37. The predicted molar refractivity (Wildman–Crippen MR) is 89.9 cm³/mol. The smallest absolute Gasteiger partial charge is 0.253 e. The fourth-order valence-corrected chi connectivity index (χ4v) is 2.99. The number of aromatic hydroxyl groups is 1. The molecule has 120 valence electrons. The number of phenols is 1. The number of phenolic OH excluding ortho intramolecular Hbond substituents is 1. The van der Waals surface area contributed by atoms with Crippen LogP contribution in [0.5, 0.6) is 5.75 Å². The van der Waals surface area contributed by atoms with Crippen molar-refractivity contribution in [1.82, 2.24) is 9.55 Å². The summed E-state index contributed by atoms with van der Waals surface area (Å²) in [7, 11) is 0. The molecule has 7 nitrogen and oxygen atoms in total.